The molecule has 0 radical (unpaired) electrons. The highest BCUT2D eigenvalue weighted by atomic mass is 79.9. The molecule has 0 atom stereocenters. The van der Waals surface area contributed by atoms with Gasteiger partial charge in [0.2, 0.25) is 0 Å². The van der Waals surface area contributed by atoms with Gasteiger partial charge in [-0.2, -0.15) is 0 Å². The van der Waals surface area contributed by atoms with Crippen LogP contribution in [0, 0.1) is 0 Å². The maximum absolute atomic E-state index is 11.6. The third kappa shape index (κ3) is 4.44. The number of hydrogen-bond donors (Lipinski definition) is 2. The summed E-state index contributed by atoms with van der Waals surface area (Å²) in [5, 5.41) is 2.78. The third-order valence-electron chi connectivity index (χ3n) is 1.81. The van der Waals surface area contributed by atoms with Crippen molar-refractivity contribution in [1.29, 1.82) is 0 Å². The summed E-state index contributed by atoms with van der Waals surface area (Å²) in [4.78, 5) is 11.6. The molecule has 0 bridgehead atoms. The van der Waals surface area contributed by atoms with Crippen LogP contribution in [0.1, 0.15) is 24.2 Å². The highest BCUT2D eigenvalue weighted by Crippen LogP contribution is 2.10. The molecule has 1 aromatic carbocycles. The van der Waals surface area contributed by atoms with Gasteiger partial charge in [-0.05, 0) is 38.1 Å². The Labute approximate surface area is 98.2 Å². The van der Waals surface area contributed by atoms with Gasteiger partial charge in [0, 0.05) is 22.1 Å². The second-order valence-corrected chi connectivity index (χ2v) is 5.09. The summed E-state index contributed by atoms with van der Waals surface area (Å²) in [6.07, 6.45) is 0. The molecule has 1 amide bonds. The minimum Gasteiger partial charge on any atom is -0.350 e. The molecule has 0 aliphatic carbocycles. The molecule has 1 aromatic rings. The quantitative estimate of drug-likeness (QED) is 0.882. The number of nitrogens with one attached hydrogen (secondary N) is 1. The Kier molecular flexibility index (Phi) is 3.88. The predicted octanol–water partition coefficient (Wildman–Crippen LogP) is 1.92. The lowest BCUT2D eigenvalue weighted by molar-refractivity contribution is 0.0946. The molecule has 3 nitrogen and oxygen atoms in total. The average Bonchev–Trinajstić information content (AvgIpc) is 2.14. The lowest BCUT2D eigenvalue weighted by Gasteiger charge is -2.18. The van der Waals surface area contributed by atoms with Crippen LogP contribution in [0.25, 0.3) is 0 Å². The van der Waals surface area contributed by atoms with Gasteiger partial charge in [-0.1, -0.05) is 15.9 Å². The number of halogens is 1. The smallest absolute Gasteiger partial charge is 0.251 e. The molecule has 0 aliphatic rings. The first kappa shape index (κ1) is 12.2. The molecule has 0 saturated carbocycles. The first-order chi connectivity index (χ1) is 6.88. The molecule has 0 unspecified atom stereocenters. The fourth-order valence-electron chi connectivity index (χ4n) is 1.01. The summed E-state index contributed by atoms with van der Waals surface area (Å²) in [5.41, 5.74) is 6.02. The standard InChI is InChI=1S/C11H15BrN2O/c1-11(2,13)7-14-10(15)8-3-5-9(12)6-4-8/h3-6H,7,13H2,1-2H3,(H,14,15). The lowest BCUT2D eigenvalue weighted by Crippen LogP contribution is -2.45. The Hall–Kier alpha value is -0.870. The predicted molar refractivity (Wildman–Crippen MR) is 64.7 cm³/mol. The summed E-state index contributed by atoms with van der Waals surface area (Å²) in [7, 11) is 0. The van der Waals surface area contributed by atoms with Crippen molar-refractivity contribution in [3.05, 3.63) is 34.3 Å². The summed E-state index contributed by atoms with van der Waals surface area (Å²) < 4.78 is 0.957. The van der Waals surface area contributed by atoms with E-state index in [9.17, 15) is 4.79 Å². The molecular formula is C11H15BrN2O. The van der Waals surface area contributed by atoms with Gasteiger partial charge in [0.25, 0.3) is 5.91 Å². The van der Waals surface area contributed by atoms with E-state index < -0.39 is 0 Å². The van der Waals surface area contributed by atoms with Crippen LogP contribution >= 0.6 is 15.9 Å². The van der Waals surface area contributed by atoms with Crippen molar-refractivity contribution in [2.24, 2.45) is 5.73 Å². The maximum atomic E-state index is 11.6. The summed E-state index contributed by atoms with van der Waals surface area (Å²) >= 11 is 3.31. The van der Waals surface area contributed by atoms with Gasteiger partial charge >= 0.3 is 0 Å². The van der Waals surface area contributed by atoms with Crippen molar-refractivity contribution >= 4 is 21.8 Å². The van der Waals surface area contributed by atoms with Crippen LogP contribution in [0.3, 0.4) is 0 Å². The van der Waals surface area contributed by atoms with Crippen molar-refractivity contribution < 1.29 is 4.79 Å². The van der Waals surface area contributed by atoms with Gasteiger partial charge in [-0.3, -0.25) is 4.79 Å². The van der Waals surface area contributed by atoms with E-state index in [2.05, 4.69) is 21.2 Å². The van der Waals surface area contributed by atoms with E-state index in [1.54, 1.807) is 12.1 Å². The SMILES string of the molecule is CC(C)(N)CNC(=O)c1ccc(Br)cc1. The third-order valence-corrected chi connectivity index (χ3v) is 2.34. The van der Waals surface area contributed by atoms with Gasteiger partial charge in [0.15, 0.2) is 0 Å². The van der Waals surface area contributed by atoms with E-state index in [1.807, 2.05) is 26.0 Å². The number of benzene rings is 1. The van der Waals surface area contributed by atoms with Crippen LogP contribution in [0.15, 0.2) is 28.7 Å². The van der Waals surface area contributed by atoms with Crippen LogP contribution in [0.5, 0.6) is 0 Å². The average molecular weight is 271 g/mol. The van der Waals surface area contributed by atoms with Gasteiger partial charge in [0.05, 0.1) is 0 Å². The normalized spacial score (nSPS) is 11.2. The summed E-state index contributed by atoms with van der Waals surface area (Å²) in [6.45, 7) is 4.20. The second-order valence-electron chi connectivity index (χ2n) is 4.18. The highest BCUT2D eigenvalue weighted by molar-refractivity contribution is 9.10. The molecule has 0 saturated heterocycles. The minimum absolute atomic E-state index is 0.0963. The van der Waals surface area contributed by atoms with Gasteiger partial charge in [0.1, 0.15) is 0 Å². The van der Waals surface area contributed by atoms with E-state index in [4.69, 9.17) is 5.73 Å². The minimum atomic E-state index is -0.384. The number of hydrogen-bond acceptors (Lipinski definition) is 2. The van der Waals surface area contributed by atoms with Crippen LogP contribution in [-0.4, -0.2) is 18.0 Å². The molecule has 15 heavy (non-hydrogen) atoms. The number of rotatable bonds is 3. The molecule has 0 heterocycles. The zero-order valence-electron chi connectivity index (χ0n) is 8.88. The molecule has 82 valence electrons. The Morgan fingerprint density at radius 3 is 2.40 bits per heavy atom. The van der Waals surface area contributed by atoms with E-state index in [1.165, 1.54) is 0 Å². The molecule has 0 aromatic heterocycles. The van der Waals surface area contributed by atoms with Crippen molar-refractivity contribution in [2.75, 3.05) is 6.54 Å². The van der Waals surface area contributed by atoms with E-state index >= 15 is 0 Å². The first-order valence-electron chi connectivity index (χ1n) is 4.71. The zero-order valence-corrected chi connectivity index (χ0v) is 10.5. The van der Waals surface area contributed by atoms with Crippen molar-refractivity contribution in [3.8, 4) is 0 Å². The van der Waals surface area contributed by atoms with Gasteiger partial charge in [-0.15, -0.1) is 0 Å². The Balaban J connectivity index is 2.58. The lowest BCUT2D eigenvalue weighted by atomic mass is 10.1. The van der Waals surface area contributed by atoms with Gasteiger partial charge < -0.3 is 11.1 Å². The van der Waals surface area contributed by atoms with Crippen molar-refractivity contribution in [1.82, 2.24) is 5.32 Å². The maximum Gasteiger partial charge on any atom is 0.251 e. The monoisotopic (exact) mass is 270 g/mol. The Morgan fingerprint density at radius 1 is 1.40 bits per heavy atom. The van der Waals surface area contributed by atoms with Crippen LogP contribution in [-0.2, 0) is 0 Å². The number of carbonyl (C=O) groups is 1. The van der Waals surface area contributed by atoms with Crippen LogP contribution in [0.4, 0.5) is 0 Å². The van der Waals surface area contributed by atoms with Crippen LogP contribution < -0.4 is 11.1 Å². The number of carbonyl (C=O) groups excluding carboxylic acids is 1. The van der Waals surface area contributed by atoms with Crippen molar-refractivity contribution in [2.45, 2.75) is 19.4 Å². The van der Waals surface area contributed by atoms with Crippen molar-refractivity contribution in [3.63, 3.8) is 0 Å². The molecule has 0 aliphatic heterocycles. The first-order valence-corrected chi connectivity index (χ1v) is 5.50. The molecule has 4 heteroatoms. The second kappa shape index (κ2) is 4.77. The van der Waals surface area contributed by atoms with E-state index in [-0.39, 0.29) is 11.4 Å². The molecule has 3 N–H and O–H groups in total. The topological polar surface area (TPSA) is 55.1 Å². The molecule has 0 fully saturated rings. The summed E-state index contributed by atoms with van der Waals surface area (Å²) in [6, 6.07) is 7.21. The fraction of sp³-hybridized carbons (Fsp3) is 0.364. The van der Waals surface area contributed by atoms with Gasteiger partial charge in [-0.25, -0.2) is 0 Å². The van der Waals surface area contributed by atoms with Crippen LogP contribution in [0.2, 0.25) is 0 Å². The Bertz CT molecular complexity index is 341. The molecule has 0 spiro atoms. The largest absolute Gasteiger partial charge is 0.350 e. The highest BCUT2D eigenvalue weighted by Gasteiger charge is 2.12. The fourth-order valence-corrected chi connectivity index (χ4v) is 1.28. The Morgan fingerprint density at radius 2 is 1.93 bits per heavy atom. The van der Waals surface area contributed by atoms with E-state index in [0.29, 0.717) is 12.1 Å². The van der Waals surface area contributed by atoms with E-state index in [0.717, 1.165) is 4.47 Å². The number of nitrogens with two attached hydrogens (primary N) is 1. The number of amides is 1. The zero-order chi connectivity index (χ0) is 11.5. The summed E-state index contributed by atoms with van der Waals surface area (Å²) in [5.74, 6) is -0.0963. The molecular weight excluding hydrogens is 256 g/mol. The molecule has 1 rings (SSSR count).